The molecule has 168 valence electrons. The van der Waals surface area contributed by atoms with Gasteiger partial charge in [-0.2, -0.15) is 0 Å². The Morgan fingerprint density at radius 2 is 1.30 bits per heavy atom. The van der Waals surface area contributed by atoms with Crippen LogP contribution in [0, 0.1) is 13.8 Å². The van der Waals surface area contributed by atoms with Crippen molar-refractivity contribution in [3.63, 3.8) is 0 Å². The van der Waals surface area contributed by atoms with Gasteiger partial charge >= 0.3 is 0 Å². The molecule has 1 heterocycles. The summed E-state index contributed by atoms with van der Waals surface area (Å²) in [5.74, 6) is 1.67. The molecule has 0 aliphatic rings. The Labute approximate surface area is 201 Å². The first-order chi connectivity index (χ1) is 16.0. The van der Waals surface area contributed by atoms with Gasteiger partial charge in [-0.25, -0.2) is 0 Å². The molecule has 0 saturated carbocycles. The number of nitrogens with zero attached hydrogens (tertiary/aromatic N) is 1. The van der Waals surface area contributed by atoms with Gasteiger partial charge in [0.05, 0.1) is 7.11 Å². The maximum atomic E-state index is 6.17. The number of rotatable bonds is 7. The van der Waals surface area contributed by atoms with Gasteiger partial charge in [0.1, 0.15) is 18.1 Å². The molecule has 0 amide bonds. The zero-order chi connectivity index (χ0) is 23.4. The smallest absolute Gasteiger partial charge is 0.119 e. The van der Waals surface area contributed by atoms with E-state index in [1.54, 1.807) is 7.11 Å². The van der Waals surface area contributed by atoms with Crippen molar-refractivity contribution in [3.05, 3.63) is 100 Å². The summed E-state index contributed by atoms with van der Waals surface area (Å²) in [5, 5.41) is 0.735. The second-order valence-corrected chi connectivity index (χ2v) is 8.47. The zero-order valence-electron chi connectivity index (χ0n) is 19.5. The van der Waals surface area contributed by atoms with E-state index < -0.39 is 0 Å². The van der Waals surface area contributed by atoms with Gasteiger partial charge in [0.15, 0.2) is 0 Å². The molecular formula is C29H28ClNO2. The standard InChI is InChI=1S/C29H28ClNO2/c1-5-27-19(2)31-20(3)28(29(27)23-8-12-24(30)13-9-23)22-10-16-26(17-11-22)33-18-21-6-14-25(32-4)15-7-21/h6-17H,5,18H2,1-4H3. The molecule has 33 heavy (non-hydrogen) atoms. The molecular weight excluding hydrogens is 430 g/mol. The first-order valence-electron chi connectivity index (χ1n) is 11.1. The lowest BCUT2D eigenvalue weighted by Gasteiger charge is -2.19. The van der Waals surface area contributed by atoms with Crippen LogP contribution in [0.2, 0.25) is 5.02 Å². The highest BCUT2D eigenvalue weighted by atomic mass is 35.5. The Hall–Kier alpha value is -3.30. The van der Waals surface area contributed by atoms with Crippen molar-refractivity contribution in [2.24, 2.45) is 0 Å². The van der Waals surface area contributed by atoms with Gasteiger partial charge in [-0.3, -0.25) is 4.98 Å². The molecule has 0 bridgehead atoms. The zero-order valence-corrected chi connectivity index (χ0v) is 20.2. The van der Waals surface area contributed by atoms with Crippen molar-refractivity contribution in [2.75, 3.05) is 7.11 Å². The van der Waals surface area contributed by atoms with E-state index in [0.29, 0.717) is 6.61 Å². The minimum absolute atomic E-state index is 0.504. The van der Waals surface area contributed by atoms with E-state index in [9.17, 15) is 0 Å². The van der Waals surface area contributed by atoms with Crippen LogP contribution < -0.4 is 9.47 Å². The summed E-state index contributed by atoms with van der Waals surface area (Å²) in [6, 6.07) is 24.3. The number of benzene rings is 3. The van der Waals surface area contributed by atoms with Crippen molar-refractivity contribution in [3.8, 4) is 33.8 Å². The minimum atomic E-state index is 0.504. The first kappa shape index (κ1) is 22.9. The fourth-order valence-corrected chi connectivity index (χ4v) is 4.34. The molecule has 0 saturated heterocycles. The Balaban J connectivity index is 1.66. The molecule has 4 aromatic rings. The van der Waals surface area contributed by atoms with E-state index in [-0.39, 0.29) is 0 Å². The average molecular weight is 458 g/mol. The third-order valence-electron chi connectivity index (χ3n) is 5.88. The molecule has 3 aromatic carbocycles. The van der Waals surface area contributed by atoms with Crippen LogP contribution in [0.5, 0.6) is 11.5 Å². The number of hydrogen-bond donors (Lipinski definition) is 0. The van der Waals surface area contributed by atoms with E-state index >= 15 is 0 Å². The summed E-state index contributed by atoms with van der Waals surface area (Å²) >= 11 is 6.17. The molecule has 4 heteroatoms. The summed E-state index contributed by atoms with van der Waals surface area (Å²) in [6.07, 6.45) is 0.910. The summed E-state index contributed by atoms with van der Waals surface area (Å²) < 4.78 is 11.2. The van der Waals surface area contributed by atoms with Gasteiger partial charge in [0.2, 0.25) is 0 Å². The molecule has 0 unspecified atom stereocenters. The third kappa shape index (κ3) is 5.04. The van der Waals surface area contributed by atoms with Crippen LogP contribution in [0.15, 0.2) is 72.8 Å². The summed E-state index contributed by atoms with van der Waals surface area (Å²) in [6.45, 7) is 6.85. The SMILES string of the molecule is CCc1c(C)nc(C)c(-c2ccc(OCc3ccc(OC)cc3)cc2)c1-c1ccc(Cl)cc1. The molecule has 0 N–H and O–H groups in total. The minimum Gasteiger partial charge on any atom is -0.497 e. The molecule has 0 fully saturated rings. The maximum Gasteiger partial charge on any atom is 0.119 e. The molecule has 0 radical (unpaired) electrons. The van der Waals surface area contributed by atoms with Gasteiger partial charge in [-0.05, 0) is 84.5 Å². The highest BCUT2D eigenvalue weighted by Gasteiger charge is 2.18. The van der Waals surface area contributed by atoms with Crippen molar-refractivity contribution in [1.29, 1.82) is 0 Å². The monoisotopic (exact) mass is 457 g/mol. The summed E-state index contributed by atoms with van der Waals surface area (Å²) in [4.78, 5) is 4.87. The Morgan fingerprint density at radius 3 is 1.91 bits per heavy atom. The van der Waals surface area contributed by atoms with E-state index in [2.05, 4.69) is 45.0 Å². The highest BCUT2D eigenvalue weighted by molar-refractivity contribution is 6.30. The lowest BCUT2D eigenvalue weighted by Crippen LogP contribution is -2.02. The normalized spacial score (nSPS) is 10.8. The number of pyridine rings is 1. The number of aryl methyl sites for hydroxylation is 2. The average Bonchev–Trinajstić information content (AvgIpc) is 2.84. The van der Waals surface area contributed by atoms with Gasteiger partial charge in [0.25, 0.3) is 0 Å². The van der Waals surface area contributed by atoms with Crippen molar-refractivity contribution < 1.29 is 9.47 Å². The van der Waals surface area contributed by atoms with Crippen molar-refractivity contribution in [1.82, 2.24) is 4.98 Å². The lowest BCUT2D eigenvalue weighted by molar-refractivity contribution is 0.306. The van der Waals surface area contributed by atoms with Gasteiger partial charge in [-0.15, -0.1) is 0 Å². The van der Waals surface area contributed by atoms with Crippen LogP contribution in [-0.4, -0.2) is 12.1 Å². The van der Waals surface area contributed by atoms with Crippen LogP contribution >= 0.6 is 11.6 Å². The second-order valence-electron chi connectivity index (χ2n) is 8.03. The third-order valence-corrected chi connectivity index (χ3v) is 6.13. The van der Waals surface area contributed by atoms with E-state index in [1.807, 2.05) is 48.5 Å². The van der Waals surface area contributed by atoms with Gasteiger partial charge < -0.3 is 9.47 Å². The van der Waals surface area contributed by atoms with E-state index in [1.165, 1.54) is 11.1 Å². The Bertz CT molecular complexity index is 1230. The van der Waals surface area contributed by atoms with Gasteiger partial charge in [-0.1, -0.05) is 54.9 Å². The molecule has 0 aliphatic carbocycles. The predicted molar refractivity (Wildman–Crippen MR) is 136 cm³/mol. The summed E-state index contributed by atoms with van der Waals surface area (Å²) in [5.41, 5.74) is 9.10. The van der Waals surface area contributed by atoms with Crippen LogP contribution in [-0.2, 0) is 13.0 Å². The number of ether oxygens (including phenoxy) is 2. The first-order valence-corrected chi connectivity index (χ1v) is 11.5. The molecule has 4 rings (SSSR count). The molecule has 0 aliphatic heterocycles. The van der Waals surface area contributed by atoms with Crippen LogP contribution in [0.3, 0.4) is 0 Å². The number of hydrogen-bond acceptors (Lipinski definition) is 3. The Kier molecular flexibility index (Phi) is 7.00. The van der Waals surface area contributed by atoms with Crippen molar-refractivity contribution >= 4 is 11.6 Å². The Morgan fingerprint density at radius 1 is 0.727 bits per heavy atom. The largest absolute Gasteiger partial charge is 0.497 e. The molecule has 3 nitrogen and oxygen atoms in total. The van der Waals surface area contributed by atoms with Gasteiger partial charge in [0, 0.05) is 22.0 Å². The van der Waals surface area contributed by atoms with Crippen LogP contribution in [0.4, 0.5) is 0 Å². The topological polar surface area (TPSA) is 31.4 Å². The predicted octanol–water partition coefficient (Wildman–Crippen LogP) is 7.84. The molecule has 1 aromatic heterocycles. The number of halogens is 1. The lowest BCUT2D eigenvalue weighted by atomic mass is 9.88. The highest BCUT2D eigenvalue weighted by Crippen LogP contribution is 2.39. The maximum absolute atomic E-state index is 6.17. The molecule has 0 atom stereocenters. The quantitative estimate of drug-likeness (QED) is 0.283. The summed E-state index contributed by atoms with van der Waals surface area (Å²) in [7, 11) is 1.67. The second kappa shape index (κ2) is 10.1. The fourth-order valence-electron chi connectivity index (χ4n) is 4.21. The van der Waals surface area contributed by atoms with Crippen molar-refractivity contribution in [2.45, 2.75) is 33.8 Å². The molecule has 0 spiro atoms. The van der Waals surface area contributed by atoms with E-state index in [4.69, 9.17) is 26.1 Å². The van der Waals surface area contributed by atoms with E-state index in [0.717, 1.165) is 56.6 Å². The van der Waals surface area contributed by atoms with Crippen LogP contribution in [0.25, 0.3) is 22.3 Å². The fraction of sp³-hybridized carbons (Fsp3) is 0.207. The number of aromatic nitrogens is 1. The number of methoxy groups -OCH3 is 1. The van der Waals surface area contributed by atoms with Crippen LogP contribution in [0.1, 0.15) is 29.4 Å².